The standard InChI is InChI=1S/C26H16Cl2F3N3O/c27-21-7-3-1-5-16(21)14-34-15-18(20-6-2-4-8-24(20)34)11-17(13-32)25(35)33-23-12-19(26(29,30)31)9-10-22(23)28/h1-12,15H,14H2,(H,33,35)/b17-11+. The van der Waals surface area contributed by atoms with Crippen molar-refractivity contribution >= 4 is 51.8 Å². The van der Waals surface area contributed by atoms with E-state index in [4.69, 9.17) is 23.2 Å². The highest BCUT2D eigenvalue weighted by Gasteiger charge is 2.31. The Bertz CT molecular complexity index is 1500. The summed E-state index contributed by atoms with van der Waals surface area (Å²) in [7, 11) is 0. The third kappa shape index (κ3) is 5.35. The van der Waals surface area contributed by atoms with Gasteiger partial charge in [-0.2, -0.15) is 18.4 Å². The van der Waals surface area contributed by atoms with Crippen molar-refractivity contribution < 1.29 is 18.0 Å². The van der Waals surface area contributed by atoms with Crippen LogP contribution in [-0.4, -0.2) is 10.5 Å². The summed E-state index contributed by atoms with van der Waals surface area (Å²) in [6.07, 6.45) is -1.43. The Balaban J connectivity index is 1.69. The first kappa shape index (κ1) is 24.4. The van der Waals surface area contributed by atoms with Gasteiger partial charge in [-0.05, 0) is 42.0 Å². The van der Waals surface area contributed by atoms with Gasteiger partial charge in [-0.25, -0.2) is 0 Å². The van der Waals surface area contributed by atoms with Crippen LogP contribution in [0.5, 0.6) is 0 Å². The molecule has 176 valence electrons. The van der Waals surface area contributed by atoms with E-state index in [-0.39, 0.29) is 16.3 Å². The molecule has 4 rings (SSSR count). The summed E-state index contributed by atoms with van der Waals surface area (Å²) in [4.78, 5) is 12.8. The van der Waals surface area contributed by atoms with Gasteiger partial charge < -0.3 is 9.88 Å². The van der Waals surface area contributed by atoms with Gasteiger partial charge in [-0.3, -0.25) is 4.79 Å². The third-order valence-corrected chi connectivity index (χ3v) is 6.02. The number of para-hydroxylation sites is 1. The quantitative estimate of drug-likeness (QED) is 0.221. The summed E-state index contributed by atoms with van der Waals surface area (Å²) in [6, 6.07) is 19.3. The lowest BCUT2D eigenvalue weighted by molar-refractivity contribution is -0.137. The van der Waals surface area contributed by atoms with Gasteiger partial charge >= 0.3 is 6.18 Å². The molecule has 0 unspecified atom stereocenters. The summed E-state index contributed by atoms with van der Waals surface area (Å²) in [5, 5.41) is 13.2. The van der Waals surface area contributed by atoms with Crippen molar-refractivity contribution in [3.05, 3.63) is 105 Å². The van der Waals surface area contributed by atoms with Crippen LogP contribution < -0.4 is 5.32 Å². The lowest BCUT2D eigenvalue weighted by Crippen LogP contribution is -2.15. The van der Waals surface area contributed by atoms with Crippen molar-refractivity contribution in [2.75, 3.05) is 5.32 Å². The van der Waals surface area contributed by atoms with Crippen molar-refractivity contribution in [2.45, 2.75) is 12.7 Å². The molecule has 0 aliphatic rings. The van der Waals surface area contributed by atoms with Crippen molar-refractivity contribution in [3.63, 3.8) is 0 Å². The largest absolute Gasteiger partial charge is 0.416 e. The van der Waals surface area contributed by atoms with E-state index in [2.05, 4.69) is 5.32 Å². The van der Waals surface area contributed by atoms with E-state index in [1.54, 1.807) is 12.3 Å². The van der Waals surface area contributed by atoms with Gasteiger partial charge in [0.1, 0.15) is 11.6 Å². The highest BCUT2D eigenvalue weighted by atomic mass is 35.5. The molecule has 1 aromatic heterocycles. The van der Waals surface area contributed by atoms with Gasteiger partial charge in [0.15, 0.2) is 0 Å². The number of amides is 1. The number of alkyl halides is 3. The molecule has 0 spiro atoms. The predicted octanol–water partition coefficient (Wildman–Crippen LogP) is 7.56. The Hall–Kier alpha value is -3.73. The first-order valence-corrected chi connectivity index (χ1v) is 11.0. The molecule has 1 N–H and O–H groups in total. The normalized spacial score (nSPS) is 11.9. The number of rotatable bonds is 5. The highest BCUT2D eigenvalue weighted by Crippen LogP contribution is 2.34. The van der Waals surface area contributed by atoms with Crippen molar-refractivity contribution in [1.29, 1.82) is 5.26 Å². The third-order valence-electron chi connectivity index (χ3n) is 5.32. The first-order chi connectivity index (χ1) is 16.7. The van der Waals surface area contributed by atoms with Crippen LogP contribution in [0.15, 0.2) is 78.5 Å². The summed E-state index contributed by atoms with van der Waals surface area (Å²) in [6.45, 7) is 0.460. The Morgan fingerprint density at radius 1 is 1.03 bits per heavy atom. The second kappa shape index (κ2) is 9.87. The zero-order valence-electron chi connectivity index (χ0n) is 17.9. The van der Waals surface area contributed by atoms with E-state index < -0.39 is 17.6 Å². The molecule has 0 atom stereocenters. The Morgan fingerprint density at radius 2 is 1.74 bits per heavy atom. The van der Waals surface area contributed by atoms with Crippen molar-refractivity contribution in [1.82, 2.24) is 4.57 Å². The minimum absolute atomic E-state index is 0.0833. The molecule has 4 nitrogen and oxygen atoms in total. The summed E-state index contributed by atoms with van der Waals surface area (Å²) in [5.41, 5.74) is 0.838. The molecule has 3 aromatic carbocycles. The smallest absolute Gasteiger partial charge is 0.342 e. The van der Waals surface area contributed by atoms with Crippen molar-refractivity contribution in [2.24, 2.45) is 0 Å². The number of hydrogen-bond donors (Lipinski definition) is 1. The molecular formula is C26H16Cl2F3N3O. The molecule has 9 heteroatoms. The van der Waals surface area contributed by atoms with Gasteiger partial charge in [-0.15, -0.1) is 0 Å². The fourth-order valence-electron chi connectivity index (χ4n) is 3.62. The highest BCUT2D eigenvalue weighted by molar-refractivity contribution is 6.34. The van der Waals surface area contributed by atoms with Gasteiger partial charge in [0.25, 0.3) is 5.91 Å². The second-order valence-corrected chi connectivity index (χ2v) is 8.45. The monoisotopic (exact) mass is 513 g/mol. The Labute approximate surface area is 208 Å². The van der Waals surface area contributed by atoms with E-state index in [0.29, 0.717) is 17.1 Å². The molecule has 35 heavy (non-hydrogen) atoms. The number of carbonyl (C=O) groups excluding carboxylic acids is 1. The van der Waals surface area contributed by atoms with Crippen LogP contribution in [0.4, 0.5) is 18.9 Å². The number of nitriles is 1. The van der Waals surface area contributed by atoms with E-state index in [1.165, 1.54) is 6.08 Å². The lowest BCUT2D eigenvalue weighted by Gasteiger charge is -2.11. The Kier molecular flexibility index (Phi) is 6.88. The zero-order chi connectivity index (χ0) is 25.2. The summed E-state index contributed by atoms with van der Waals surface area (Å²) < 4.78 is 41.1. The Morgan fingerprint density at radius 3 is 2.46 bits per heavy atom. The number of hydrogen-bond acceptors (Lipinski definition) is 2. The minimum atomic E-state index is -4.61. The van der Waals surface area contributed by atoms with Gasteiger partial charge in [0.2, 0.25) is 0 Å². The first-order valence-electron chi connectivity index (χ1n) is 10.3. The number of carbonyl (C=O) groups is 1. The van der Waals surface area contributed by atoms with E-state index >= 15 is 0 Å². The average molecular weight is 514 g/mol. The molecule has 0 saturated heterocycles. The van der Waals surface area contributed by atoms with E-state index in [0.717, 1.165) is 34.7 Å². The molecule has 4 aromatic rings. The molecule has 0 radical (unpaired) electrons. The predicted molar refractivity (Wildman–Crippen MR) is 131 cm³/mol. The van der Waals surface area contributed by atoms with Crippen LogP contribution in [0.25, 0.3) is 17.0 Å². The van der Waals surface area contributed by atoms with Gasteiger partial charge in [0, 0.05) is 34.2 Å². The zero-order valence-corrected chi connectivity index (χ0v) is 19.4. The maximum Gasteiger partial charge on any atom is 0.416 e. The van der Waals surface area contributed by atoms with Crippen molar-refractivity contribution in [3.8, 4) is 6.07 Å². The van der Waals surface area contributed by atoms with Gasteiger partial charge in [0.05, 0.1) is 16.3 Å². The van der Waals surface area contributed by atoms with Crippen LogP contribution in [0.3, 0.4) is 0 Å². The van der Waals surface area contributed by atoms with Crippen LogP contribution >= 0.6 is 23.2 Å². The molecular weight excluding hydrogens is 498 g/mol. The molecule has 1 amide bonds. The fourth-order valence-corrected chi connectivity index (χ4v) is 3.98. The van der Waals surface area contributed by atoms with E-state index in [1.807, 2.05) is 53.1 Å². The molecule has 0 aliphatic heterocycles. The molecule has 0 saturated carbocycles. The number of aromatic nitrogens is 1. The van der Waals surface area contributed by atoms with Crippen LogP contribution in [0, 0.1) is 11.3 Å². The van der Waals surface area contributed by atoms with Gasteiger partial charge in [-0.1, -0.05) is 59.6 Å². The van der Waals surface area contributed by atoms with Crippen LogP contribution in [0.1, 0.15) is 16.7 Å². The molecule has 0 fully saturated rings. The van der Waals surface area contributed by atoms with Crippen LogP contribution in [-0.2, 0) is 17.5 Å². The number of nitrogens with zero attached hydrogens (tertiary/aromatic N) is 2. The lowest BCUT2D eigenvalue weighted by atomic mass is 10.1. The number of benzene rings is 3. The minimum Gasteiger partial charge on any atom is -0.342 e. The SMILES string of the molecule is N#C/C(=C\c1cn(Cc2ccccc2Cl)c2ccccc12)C(=O)Nc1cc(C(F)(F)F)ccc1Cl. The summed E-state index contributed by atoms with van der Waals surface area (Å²) >= 11 is 12.3. The molecule has 0 aliphatic carbocycles. The second-order valence-electron chi connectivity index (χ2n) is 7.64. The average Bonchev–Trinajstić information content (AvgIpc) is 3.16. The molecule has 0 bridgehead atoms. The summed E-state index contributed by atoms with van der Waals surface area (Å²) in [5.74, 6) is -0.878. The molecule has 1 heterocycles. The topological polar surface area (TPSA) is 57.8 Å². The number of fused-ring (bicyclic) bond motifs is 1. The maximum absolute atomic E-state index is 13.1. The maximum atomic E-state index is 13.1. The fraction of sp³-hybridized carbons (Fsp3) is 0.0769. The number of nitrogens with one attached hydrogen (secondary N) is 1. The van der Waals surface area contributed by atoms with Crippen LogP contribution in [0.2, 0.25) is 10.0 Å². The number of halogens is 5. The number of anilines is 1. The van der Waals surface area contributed by atoms with E-state index in [9.17, 15) is 23.2 Å².